The summed E-state index contributed by atoms with van der Waals surface area (Å²) in [6.07, 6.45) is 3.57. The molecule has 1 saturated carbocycles. The van der Waals surface area contributed by atoms with Gasteiger partial charge in [0.15, 0.2) is 0 Å². The zero-order valence-corrected chi connectivity index (χ0v) is 9.74. The maximum Gasteiger partial charge on any atom is 0.323 e. The van der Waals surface area contributed by atoms with Gasteiger partial charge < -0.3 is 15.3 Å². The van der Waals surface area contributed by atoms with Crippen LogP contribution in [0.4, 0.5) is 0 Å². The Balaban J connectivity index is 2.23. The van der Waals surface area contributed by atoms with Gasteiger partial charge in [-0.1, -0.05) is 6.92 Å². The van der Waals surface area contributed by atoms with E-state index in [4.69, 9.17) is 5.11 Å². The van der Waals surface area contributed by atoms with Crippen LogP contribution in [0.1, 0.15) is 32.6 Å². The lowest BCUT2D eigenvalue weighted by Gasteiger charge is -2.19. The Kier molecular flexibility index (Phi) is 5.25. The van der Waals surface area contributed by atoms with Crippen molar-refractivity contribution in [3.63, 3.8) is 0 Å². The van der Waals surface area contributed by atoms with E-state index in [9.17, 15) is 9.59 Å². The highest BCUT2D eigenvalue weighted by atomic mass is 16.4. The second-order valence-electron chi connectivity index (χ2n) is 4.19. The fourth-order valence-electron chi connectivity index (χ4n) is 1.55. The number of aliphatic carboxylic acids is 1. The monoisotopic (exact) mass is 228 g/mol. The molecule has 0 bridgehead atoms. The number of hydrogen-bond donors (Lipinski definition) is 2. The van der Waals surface area contributed by atoms with Crippen LogP contribution >= 0.6 is 0 Å². The molecular weight excluding hydrogens is 208 g/mol. The number of amides is 1. The molecule has 92 valence electrons. The number of rotatable bonds is 8. The largest absolute Gasteiger partial charge is 0.480 e. The molecule has 16 heavy (non-hydrogen) atoms. The van der Waals surface area contributed by atoms with Gasteiger partial charge in [-0.25, -0.2) is 0 Å². The molecule has 5 heteroatoms. The number of nitrogens with zero attached hydrogens (tertiary/aromatic N) is 1. The molecule has 5 nitrogen and oxygen atoms in total. The first-order valence-electron chi connectivity index (χ1n) is 5.86. The van der Waals surface area contributed by atoms with Crippen molar-refractivity contribution in [1.29, 1.82) is 0 Å². The van der Waals surface area contributed by atoms with Crippen LogP contribution < -0.4 is 5.32 Å². The van der Waals surface area contributed by atoms with Gasteiger partial charge in [-0.3, -0.25) is 9.59 Å². The van der Waals surface area contributed by atoms with Gasteiger partial charge in [0.05, 0.1) is 0 Å². The summed E-state index contributed by atoms with van der Waals surface area (Å²) in [6, 6.07) is 0.590. The van der Waals surface area contributed by atoms with Crippen LogP contribution in [-0.4, -0.2) is 47.6 Å². The molecule has 2 N–H and O–H groups in total. The predicted molar refractivity (Wildman–Crippen MR) is 60.1 cm³/mol. The Bertz CT molecular complexity index is 252. The summed E-state index contributed by atoms with van der Waals surface area (Å²) in [5.74, 6) is -1.02. The Morgan fingerprint density at radius 1 is 1.44 bits per heavy atom. The van der Waals surface area contributed by atoms with E-state index < -0.39 is 5.97 Å². The molecule has 0 aromatic carbocycles. The fourth-order valence-corrected chi connectivity index (χ4v) is 1.55. The normalized spacial score (nSPS) is 14.8. The molecule has 0 spiro atoms. The molecule has 1 aliphatic carbocycles. The fraction of sp³-hybridized carbons (Fsp3) is 0.818. The summed E-state index contributed by atoms with van der Waals surface area (Å²) < 4.78 is 0. The summed E-state index contributed by atoms with van der Waals surface area (Å²) in [5.41, 5.74) is 0. The van der Waals surface area contributed by atoms with Gasteiger partial charge in [-0.05, 0) is 19.3 Å². The standard InChI is InChI=1S/C11H20N2O3/c1-2-7-13(8-11(15)16)10(14)5-6-12-9-3-4-9/h9,12H,2-8H2,1H3,(H,15,16). The second kappa shape index (κ2) is 6.48. The maximum absolute atomic E-state index is 11.7. The van der Waals surface area contributed by atoms with E-state index in [0.29, 0.717) is 25.6 Å². The minimum atomic E-state index is -0.947. The third-order valence-electron chi connectivity index (χ3n) is 2.52. The molecule has 0 aliphatic heterocycles. The van der Waals surface area contributed by atoms with Crippen molar-refractivity contribution in [2.45, 2.75) is 38.6 Å². The van der Waals surface area contributed by atoms with Gasteiger partial charge in [-0.2, -0.15) is 0 Å². The predicted octanol–water partition coefficient (Wildman–Crippen LogP) is 0.452. The van der Waals surface area contributed by atoms with E-state index in [0.717, 1.165) is 6.42 Å². The first-order valence-corrected chi connectivity index (χ1v) is 5.86. The van der Waals surface area contributed by atoms with Gasteiger partial charge in [0.1, 0.15) is 6.54 Å². The van der Waals surface area contributed by atoms with Crippen molar-refractivity contribution in [3.8, 4) is 0 Å². The number of carbonyl (C=O) groups is 2. The smallest absolute Gasteiger partial charge is 0.323 e. The molecule has 0 saturated heterocycles. The molecule has 1 fully saturated rings. The molecule has 0 radical (unpaired) electrons. The zero-order chi connectivity index (χ0) is 12.0. The van der Waals surface area contributed by atoms with Gasteiger partial charge in [0, 0.05) is 25.6 Å². The highest BCUT2D eigenvalue weighted by Crippen LogP contribution is 2.18. The lowest BCUT2D eigenvalue weighted by atomic mass is 10.3. The van der Waals surface area contributed by atoms with Crippen LogP contribution in [0.5, 0.6) is 0 Å². The van der Waals surface area contributed by atoms with Crippen molar-refractivity contribution in [3.05, 3.63) is 0 Å². The van der Waals surface area contributed by atoms with Crippen LogP contribution in [-0.2, 0) is 9.59 Å². The van der Waals surface area contributed by atoms with Gasteiger partial charge in [0.2, 0.25) is 5.91 Å². The van der Waals surface area contributed by atoms with Crippen molar-refractivity contribution >= 4 is 11.9 Å². The van der Waals surface area contributed by atoms with Crippen LogP contribution in [0, 0.1) is 0 Å². The SMILES string of the molecule is CCCN(CC(=O)O)C(=O)CCNC1CC1. The van der Waals surface area contributed by atoms with E-state index in [-0.39, 0.29) is 12.5 Å². The summed E-state index contributed by atoms with van der Waals surface area (Å²) in [5, 5.41) is 11.9. The third kappa shape index (κ3) is 5.11. The van der Waals surface area contributed by atoms with Crippen molar-refractivity contribution < 1.29 is 14.7 Å². The number of hydrogen-bond acceptors (Lipinski definition) is 3. The molecule has 1 amide bonds. The molecule has 0 heterocycles. The minimum Gasteiger partial charge on any atom is -0.480 e. The first kappa shape index (κ1) is 13.0. The Morgan fingerprint density at radius 2 is 2.12 bits per heavy atom. The Morgan fingerprint density at radius 3 is 2.62 bits per heavy atom. The quantitative estimate of drug-likeness (QED) is 0.633. The summed E-state index contributed by atoms with van der Waals surface area (Å²) in [4.78, 5) is 23.7. The second-order valence-corrected chi connectivity index (χ2v) is 4.19. The molecular formula is C11H20N2O3. The summed E-state index contributed by atoms with van der Waals surface area (Å²) >= 11 is 0. The molecule has 0 atom stereocenters. The van der Waals surface area contributed by atoms with Crippen LogP contribution in [0.15, 0.2) is 0 Å². The highest BCUT2D eigenvalue weighted by molar-refractivity contribution is 5.81. The number of carbonyl (C=O) groups excluding carboxylic acids is 1. The van der Waals surface area contributed by atoms with Crippen LogP contribution in [0.25, 0.3) is 0 Å². The number of nitrogens with one attached hydrogen (secondary N) is 1. The molecule has 1 rings (SSSR count). The van der Waals surface area contributed by atoms with Crippen molar-refractivity contribution in [2.24, 2.45) is 0 Å². The first-order chi connectivity index (χ1) is 7.63. The van der Waals surface area contributed by atoms with Crippen molar-refractivity contribution in [2.75, 3.05) is 19.6 Å². The van der Waals surface area contributed by atoms with Gasteiger partial charge >= 0.3 is 5.97 Å². The average Bonchev–Trinajstić information content (AvgIpc) is 3.00. The van der Waals surface area contributed by atoms with Crippen molar-refractivity contribution in [1.82, 2.24) is 10.2 Å². The number of carboxylic acids is 1. The van der Waals surface area contributed by atoms with E-state index in [1.807, 2.05) is 6.92 Å². The van der Waals surface area contributed by atoms with E-state index in [1.54, 1.807) is 0 Å². The number of carboxylic acid groups (broad SMARTS) is 1. The average molecular weight is 228 g/mol. The Labute approximate surface area is 95.8 Å². The minimum absolute atomic E-state index is 0.0719. The van der Waals surface area contributed by atoms with E-state index >= 15 is 0 Å². The highest BCUT2D eigenvalue weighted by Gasteiger charge is 2.21. The topological polar surface area (TPSA) is 69.6 Å². The van der Waals surface area contributed by atoms with Crippen LogP contribution in [0.2, 0.25) is 0 Å². The zero-order valence-electron chi connectivity index (χ0n) is 9.74. The summed E-state index contributed by atoms with van der Waals surface area (Å²) in [7, 11) is 0. The molecule has 0 aromatic heterocycles. The lowest BCUT2D eigenvalue weighted by molar-refractivity contribution is -0.144. The molecule has 0 aromatic rings. The van der Waals surface area contributed by atoms with E-state index in [2.05, 4.69) is 5.32 Å². The van der Waals surface area contributed by atoms with Gasteiger partial charge in [0.25, 0.3) is 0 Å². The third-order valence-corrected chi connectivity index (χ3v) is 2.52. The van der Waals surface area contributed by atoms with E-state index in [1.165, 1.54) is 17.7 Å². The van der Waals surface area contributed by atoms with Crippen LogP contribution in [0.3, 0.4) is 0 Å². The summed E-state index contributed by atoms with van der Waals surface area (Å²) in [6.45, 7) is 2.93. The maximum atomic E-state index is 11.7. The van der Waals surface area contributed by atoms with Gasteiger partial charge in [-0.15, -0.1) is 0 Å². The Hall–Kier alpha value is -1.10. The lowest BCUT2D eigenvalue weighted by Crippen LogP contribution is -2.37. The molecule has 1 aliphatic rings. The molecule has 0 unspecified atom stereocenters.